The molecule has 20 heavy (non-hydrogen) atoms. The molecule has 0 bridgehead atoms. The number of ether oxygens (including phenoxy) is 1. The summed E-state index contributed by atoms with van der Waals surface area (Å²) in [6, 6.07) is 8.04. The van der Waals surface area contributed by atoms with Crippen LogP contribution in [-0.2, 0) is 6.54 Å². The van der Waals surface area contributed by atoms with Gasteiger partial charge in [-0.25, -0.2) is 0 Å². The molecule has 0 unspecified atom stereocenters. The number of hydrogen-bond acceptors (Lipinski definition) is 2. The van der Waals surface area contributed by atoms with Gasteiger partial charge in [0, 0.05) is 27.2 Å². The molecule has 0 atom stereocenters. The molecule has 0 saturated carbocycles. The molecule has 0 aromatic heterocycles. The van der Waals surface area contributed by atoms with Crippen LogP contribution in [-0.4, -0.2) is 38.6 Å². The lowest BCUT2D eigenvalue weighted by atomic mass is 10.2. The molecule has 1 aromatic rings. The topological polar surface area (TPSA) is 36.9 Å². The number of aliphatic imine (C=N–C) groups is 1. The van der Waals surface area contributed by atoms with E-state index in [1.807, 2.05) is 25.3 Å². The van der Waals surface area contributed by atoms with Crippen molar-refractivity contribution in [2.45, 2.75) is 19.4 Å². The Morgan fingerprint density at radius 1 is 1.40 bits per heavy atom. The molecule has 110 valence electrons. The Labute approximate surface area is 122 Å². The van der Waals surface area contributed by atoms with E-state index in [0.29, 0.717) is 0 Å². The van der Waals surface area contributed by atoms with Crippen molar-refractivity contribution >= 4 is 5.96 Å². The number of hydrogen-bond donors (Lipinski definition) is 1. The van der Waals surface area contributed by atoms with Crippen LogP contribution in [0.3, 0.4) is 0 Å². The Morgan fingerprint density at radius 3 is 2.65 bits per heavy atom. The molecule has 0 fully saturated rings. The zero-order chi connectivity index (χ0) is 14.8. The van der Waals surface area contributed by atoms with E-state index in [4.69, 9.17) is 4.74 Å². The van der Waals surface area contributed by atoms with Crippen LogP contribution in [0.1, 0.15) is 18.4 Å². The van der Waals surface area contributed by atoms with Crippen LogP contribution in [0, 0.1) is 0 Å². The molecule has 0 radical (unpaired) electrons. The van der Waals surface area contributed by atoms with Gasteiger partial charge in [0.2, 0.25) is 0 Å². The number of allylic oxidation sites excluding steroid dienone is 1. The highest BCUT2D eigenvalue weighted by Gasteiger charge is 2.04. The maximum atomic E-state index is 5.15. The predicted octanol–water partition coefficient (Wildman–Crippen LogP) is 2.67. The third-order valence-corrected chi connectivity index (χ3v) is 3.08. The fourth-order valence-electron chi connectivity index (χ4n) is 1.89. The Balaban J connectivity index is 2.45. The molecule has 0 spiro atoms. The maximum absolute atomic E-state index is 5.15. The largest absolute Gasteiger partial charge is 0.497 e. The molecule has 0 saturated heterocycles. The monoisotopic (exact) mass is 275 g/mol. The third-order valence-electron chi connectivity index (χ3n) is 3.08. The summed E-state index contributed by atoms with van der Waals surface area (Å²) in [5, 5.41) is 3.36. The minimum atomic E-state index is 0.752. The van der Waals surface area contributed by atoms with Gasteiger partial charge in [0.25, 0.3) is 0 Å². The van der Waals surface area contributed by atoms with Gasteiger partial charge in [-0.3, -0.25) is 4.99 Å². The molecular formula is C16H25N3O. The van der Waals surface area contributed by atoms with E-state index in [2.05, 4.69) is 33.9 Å². The smallest absolute Gasteiger partial charge is 0.193 e. The quantitative estimate of drug-likeness (QED) is 0.360. The fraction of sp³-hybridized carbons (Fsp3) is 0.438. The highest BCUT2D eigenvalue weighted by molar-refractivity contribution is 5.79. The number of guanidine groups is 1. The normalized spacial score (nSPS) is 11.1. The summed E-state index contributed by atoms with van der Waals surface area (Å²) in [4.78, 5) is 6.43. The molecule has 4 nitrogen and oxygen atoms in total. The van der Waals surface area contributed by atoms with Crippen LogP contribution < -0.4 is 10.1 Å². The van der Waals surface area contributed by atoms with Gasteiger partial charge in [0.15, 0.2) is 5.96 Å². The van der Waals surface area contributed by atoms with E-state index >= 15 is 0 Å². The zero-order valence-electron chi connectivity index (χ0n) is 12.7. The van der Waals surface area contributed by atoms with Gasteiger partial charge in [0.05, 0.1) is 7.11 Å². The standard InChI is InChI=1S/C16H25N3O/c1-5-6-7-12-19(3)16(17-2)18-13-14-8-10-15(20-4)11-9-14/h5,8-11H,1,6-7,12-13H2,2-4H3,(H,17,18). The van der Waals surface area contributed by atoms with E-state index < -0.39 is 0 Å². The predicted molar refractivity (Wildman–Crippen MR) is 85.3 cm³/mol. The van der Waals surface area contributed by atoms with Crippen LogP contribution in [0.15, 0.2) is 41.9 Å². The van der Waals surface area contributed by atoms with Gasteiger partial charge in [-0.1, -0.05) is 18.2 Å². The lowest BCUT2D eigenvalue weighted by Gasteiger charge is -2.21. The number of unbranched alkanes of at least 4 members (excludes halogenated alkanes) is 1. The number of methoxy groups -OCH3 is 1. The number of benzene rings is 1. The fourth-order valence-corrected chi connectivity index (χ4v) is 1.89. The summed E-state index contributed by atoms with van der Waals surface area (Å²) >= 11 is 0. The molecule has 0 heterocycles. The number of rotatable bonds is 7. The van der Waals surface area contributed by atoms with Crippen LogP contribution in [0.25, 0.3) is 0 Å². The van der Waals surface area contributed by atoms with Crippen molar-refractivity contribution in [3.63, 3.8) is 0 Å². The van der Waals surface area contributed by atoms with E-state index in [-0.39, 0.29) is 0 Å². The molecule has 4 heteroatoms. The first-order chi connectivity index (χ1) is 9.71. The lowest BCUT2D eigenvalue weighted by molar-refractivity contribution is 0.414. The molecule has 0 aliphatic heterocycles. The lowest BCUT2D eigenvalue weighted by Crippen LogP contribution is -2.38. The highest BCUT2D eigenvalue weighted by atomic mass is 16.5. The number of nitrogens with one attached hydrogen (secondary N) is 1. The Morgan fingerprint density at radius 2 is 2.10 bits per heavy atom. The SMILES string of the molecule is C=CCCCN(C)C(=NC)NCc1ccc(OC)cc1. The second-order valence-corrected chi connectivity index (χ2v) is 4.60. The van der Waals surface area contributed by atoms with Crippen molar-refractivity contribution in [3.05, 3.63) is 42.5 Å². The molecule has 1 aromatic carbocycles. The molecule has 0 aliphatic rings. The Bertz CT molecular complexity index is 426. The minimum absolute atomic E-state index is 0.752. The Kier molecular flexibility index (Phi) is 7.25. The van der Waals surface area contributed by atoms with Crippen LogP contribution in [0.2, 0.25) is 0 Å². The Hall–Kier alpha value is -1.97. The minimum Gasteiger partial charge on any atom is -0.497 e. The summed E-state index contributed by atoms with van der Waals surface area (Å²) in [5.41, 5.74) is 1.20. The van der Waals surface area contributed by atoms with Gasteiger partial charge in [-0.05, 0) is 30.5 Å². The number of nitrogens with zero attached hydrogens (tertiary/aromatic N) is 2. The average molecular weight is 275 g/mol. The first-order valence-electron chi connectivity index (χ1n) is 6.87. The summed E-state index contributed by atoms with van der Waals surface area (Å²) in [7, 11) is 5.53. The van der Waals surface area contributed by atoms with Crippen molar-refractivity contribution < 1.29 is 4.74 Å². The van der Waals surface area contributed by atoms with Gasteiger partial charge in [0.1, 0.15) is 5.75 Å². The van der Waals surface area contributed by atoms with Crippen molar-refractivity contribution in [2.24, 2.45) is 4.99 Å². The van der Waals surface area contributed by atoms with Crippen LogP contribution in [0.4, 0.5) is 0 Å². The van der Waals surface area contributed by atoms with E-state index in [1.165, 1.54) is 5.56 Å². The van der Waals surface area contributed by atoms with E-state index in [0.717, 1.165) is 37.6 Å². The third kappa shape index (κ3) is 5.34. The van der Waals surface area contributed by atoms with Gasteiger partial charge in [-0.15, -0.1) is 6.58 Å². The molecule has 1 rings (SSSR count). The van der Waals surface area contributed by atoms with Crippen LogP contribution in [0.5, 0.6) is 5.75 Å². The van der Waals surface area contributed by atoms with Gasteiger partial charge >= 0.3 is 0 Å². The van der Waals surface area contributed by atoms with Gasteiger partial charge < -0.3 is 15.0 Å². The second kappa shape index (κ2) is 9.02. The highest BCUT2D eigenvalue weighted by Crippen LogP contribution is 2.11. The molecule has 1 N–H and O–H groups in total. The summed E-state index contributed by atoms with van der Waals surface area (Å²) < 4.78 is 5.15. The summed E-state index contributed by atoms with van der Waals surface area (Å²) in [6.45, 7) is 5.46. The van der Waals surface area contributed by atoms with E-state index in [1.54, 1.807) is 14.2 Å². The average Bonchev–Trinajstić information content (AvgIpc) is 2.49. The summed E-state index contributed by atoms with van der Waals surface area (Å²) in [5.74, 6) is 1.78. The van der Waals surface area contributed by atoms with E-state index in [9.17, 15) is 0 Å². The van der Waals surface area contributed by atoms with Crippen LogP contribution >= 0.6 is 0 Å². The van der Waals surface area contributed by atoms with Crippen molar-refractivity contribution in [1.29, 1.82) is 0 Å². The van der Waals surface area contributed by atoms with Crippen molar-refractivity contribution in [2.75, 3.05) is 27.7 Å². The first-order valence-corrected chi connectivity index (χ1v) is 6.87. The van der Waals surface area contributed by atoms with Crippen molar-refractivity contribution in [3.8, 4) is 5.75 Å². The zero-order valence-corrected chi connectivity index (χ0v) is 12.7. The maximum Gasteiger partial charge on any atom is 0.193 e. The molecule has 0 aliphatic carbocycles. The molecular weight excluding hydrogens is 250 g/mol. The second-order valence-electron chi connectivity index (χ2n) is 4.60. The molecule has 0 amide bonds. The summed E-state index contributed by atoms with van der Waals surface area (Å²) in [6.07, 6.45) is 4.06. The van der Waals surface area contributed by atoms with Gasteiger partial charge in [-0.2, -0.15) is 0 Å². The first kappa shape index (κ1) is 16.1. The van der Waals surface area contributed by atoms with Crippen molar-refractivity contribution in [1.82, 2.24) is 10.2 Å².